The molecule has 1 aromatic carbocycles. The Morgan fingerprint density at radius 3 is 2.28 bits per heavy atom. The van der Waals surface area contributed by atoms with E-state index in [-0.39, 0.29) is 5.91 Å². The molecule has 0 spiro atoms. The van der Waals surface area contributed by atoms with Crippen LogP contribution in [0.3, 0.4) is 0 Å². The van der Waals surface area contributed by atoms with Crippen LogP contribution in [0.5, 0.6) is 11.5 Å². The first kappa shape index (κ1) is 14.3. The summed E-state index contributed by atoms with van der Waals surface area (Å²) in [6, 6.07) is 5.24. The summed E-state index contributed by atoms with van der Waals surface area (Å²) >= 11 is 0. The molecule has 5 nitrogen and oxygen atoms in total. The monoisotopic (exact) mass is 252 g/mol. The van der Waals surface area contributed by atoms with Crippen molar-refractivity contribution in [3.63, 3.8) is 0 Å². The number of ether oxygens (including phenoxy) is 2. The fourth-order valence-corrected chi connectivity index (χ4v) is 1.31. The number of methoxy groups -OCH3 is 2. The number of hydrogen-bond acceptors (Lipinski definition) is 4. The van der Waals surface area contributed by atoms with Crippen molar-refractivity contribution in [1.29, 1.82) is 0 Å². The maximum Gasteiger partial charge on any atom is 0.244 e. The van der Waals surface area contributed by atoms with E-state index in [1.165, 1.54) is 0 Å². The van der Waals surface area contributed by atoms with Crippen LogP contribution in [0.4, 0.5) is 5.69 Å². The summed E-state index contributed by atoms with van der Waals surface area (Å²) in [6.07, 6.45) is 0. The Morgan fingerprint density at radius 1 is 1.17 bits per heavy atom. The van der Waals surface area contributed by atoms with E-state index >= 15 is 0 Å². The first-order valence-electron chi connectivity index (χ1n) is 5.67. The van der Waals surface area contributed by atoms with Crippen LogP contribution in [0.25, 0.3) is 0 Å². The molecule has 0 saturated carbocycles. The lowest BCUT2D eigenvalue weighted by Crippen LogP contribution is -2.47. The van der Waals surface area contributed by atoms with Gasteiger partial charge in [0.2, 0.25) is 5.91 Å². The zero-order valence-electron chi connectivity index (χ0n) is 11.5. The molecule has 0 saturated heterocycles. The predicted octanol–water partition coefficient (Wildman–Crippen LogP) is 1.64. The topological polar surface area (TPSA) is 59.6 Å². The van der Waals surface area contributed by atoms with Crippen molar-refractivity contribution >= 4 is 11.6 Å². The maximum atomic E-state index is 12.0. The van der Waals surface area contributed by atoms with E-state index in [0.717, 1.165) is 0 Å². The maximum absolute atomic E-state index is 12.0. The first-order valence-corrected chi connectivity index (χ1v) is 5.67. The lowest BCUT2D eigenvalue weighted by atomic mass is 10.1. The Balaban J connectivity index is 2.89. The average Bonchev–Trinajstić information content (AvgIpc) is 2.38. The van der Waals surface area contributed by atoms with E-state index in [0.29, 0.717) is 17.2 Å². The Labute approximate surface area is 107 Å². The number of rotatable bonds is 5. The summed E-state index contributed by atoms with van der Waals surface area (Å²) in [5.41, 5.74) is 0.0358. The van der Waals surface area contributed by atoms with Crippen LogP contribution in [0.15, 0.2) is 18.2 Å². The van der Waals surface area contributed by atoms with Gasteiger partial charge in [-0.1, -0.05) is 0 Å². The fraction of sp³-hybridized carbons (Fsp3) is 0.462. The van der Waals surface area contributed by atoms with Crippen LogP contribution in [0.1, 0.15) is 13.8 Å². The molecule has 1 amide bonds. The highest BCUT2D eigenvalue weighted by molar-refractivity contribution is 5.97. The average molecular weight is 252 g/mol. The minimum absolute atomic E-state index is 0.114. The molecule has 0 aliphatic rings. The van der Waals surface area contributed by atoms with Gasteiger partial charge in [-0.3, -0.25) is 4.79 Å². The van der Waals surface area contributed by atoms with E-state index in [1.54, 1.807) is 39.5 Å². The molecule has 0 radical (unpaired) electrons. The number of carbonyl (C=O) groups is 1. The summed E-state index contributed by atoms with van der Waals surface area (Å²) in [7, 11) is 4.87. The zero-order valence-corrected chi connectivity index (χ0v) is 11.5. The van der Waals surface area contributed by atoms with E-state index in [2.05, 4.69) is 10.6 Å². The third kappa shape index (κ3) is 3.13. The minimum Gasteiger partial charge on any atom is -0.493 e. The number of nitrogens with one attached hydrogen (secondary N) is 2. The molecule has 18 heavy (non-hydrogen) atoms. The second-order valence-corrected chi connectivity index (χ2v) is 4.40. The zero-order chi connectivity index (χ0) is 13.8. The van der Waals surface area contributed by atoms with Gasteiger partial charge in [-0.05, 0) is 33.0 Å². The Morgan fingerprint density at radius 2 is 1.78 bits per heavy atom. The molecular formula is C13H20N2O3. The van der Waals surface area contributed by atoms with Gasteiger partial charge in [0.1, 0.15) is 0 Å². The molecular weight excluding hydrogens is 232 g/mol. The molecule has 0 aromatic heterocycles. The van der Waals surface area contributed by atoms with Gasteiger partial charge in [0, 0.05) is 11.8 Å². The summed E-state index contributed by atoms with van der Waals surface area (Å²) < 4.78 is 10.3. The van der Waals surface area contributed by atoms with Gasteiger partial charge in [-0.2, -0.15) is 0 Å². The molecule has 0 unspecified atom stereocenters. The molecule has 0 heterocycles. The first-order chi connectivity index (χ1) is 8.44. The van der Waals surface area contributed by atoms with Gasteiger partial charge < -0.3 is 20.1 Å². The number of anilines is 1. The number of carbonyl (C=O) groups excluding carboxylic acids is 1. The van der Waals surface area contributed by atoms with Gasteiger partial charge in [-0.25, -0.2) is 0 Å². The highest BCUT2D eigenvalue weighted by atomic mass is 16.5. The lowest BCUT2D eigenvalue weighted by molar-refractivity contribution is -0.121. The molecule has 100 valence electrons. The Hall–Kier alpha value is -1.75. The standard InChI is InChI=1S/C13H20N2O3/c1-13(2,14-3)12(16)15-9-6-7-10(17-4)11(8-9)18-5/h6-8,14H,1-5H3,(H,15,16). The fourth-order valence-electron chi connectivity index (χ4n) is 1.31. The summed E-state index contributed by atoms with van der Waals surface area (Å²) in [4.78, 5) is 12.0. The SMILES string of the molecule is CNC(C)(C)C(=O)Nc1ccc(OC)c(OC)c1. The summed E-state index contributed by atoms with van der Waals surface area (Å²) in [5.74, 6) is 1.10. The second kappa shape index (κ2) is 5.73. The van der Waals surface area contributed by atoms with Gasteiger partial charge in [0.25, 0.3) is 0 Å². The van der Waals surface area contributed by atoms with Gasteiger partial charge in [-0.15, -0.1) is 0 Å². The van der Waals surface area contributed by atoms with Crippen LogP contribution >= 0.6 is 0 Å². The van der Waals surface area contributed by atoms with Crippen molar-refractivity contribution in [2.75, 3.05) is 26.6 Å². The molecule has 0 aliphatic carbocycles. The molecule has 0 atom stereocenters. The number of benzene rings is 1. The predicted molar refractivity (Wildman–Crippen MR) is 71.3 cm³/mol. The summed E-state index contributed by atoms with van der Waals surface area (Å²) in [5, 5.41) is 5.77. The lowest BCUT2D eigenvalue weighted by Gasteiger charge is -2.23. The smallest absolute Gasteiger partial charge is 0.244 e. The van der Waals surface area contributed by atoms with E-state index in [9.17, 15) is 4.79 Å². The number of hydrogen-bond donors (Lipinski definition) is 2. The van der Waals surface area contributed by atoms with Gasteiger partial charge in [0.05, 0.1) is 19.8 Å². The van der Waals surface area contributed by atoms with Crippen molar-refractivity contribution in [2.24, 2.45) is 0 Å². The van der Waals surface area contributed by atoms with Crippen LogP contribution in [0, 0.1) is 0 Å². The molecule has 0 bridgehead atoms. The second-order valence-electron chi connectivity index (χ2n) is 4.40. The Bertz CT molecular complexity index is 430. The van der Waals surface area contributed by atoms with Gasteiger partial charge >= 0.3 is 0 Å². The van der Waals surface area contributed by atoms with Crippen molar-refractivity contribution < 1.29 is 14.3 Å². The third-order valence-electron chi connectivity index (χ3n) is 2.83. The van der Waals surface area contributed by atoms with Crippen LogP contribution < -0.4 is 20.1 Å². The molecule has 1 rings (SSSR count). The number of likely N-dealkylation sites (N-methyl/N-ethyl adjacent to an activating group) is 1. The third-order valence-corrected chi connectivity index (χ3v) is 2.83. The van der Waals surface area contributed by atoms with Crippen LogP contribution in [-0.2, 0) is 4.79 Å². The molecule has 1 aromatic rings. The highest BCUT2D eigenvalue weighted by Crippen LogP contribution is 2.29. The van der Waals surface area contributed by atoms with Crippen molar-refractivity contribution in [1.82, 2.24) is 5.32 Å². The normalized spacial score (nSPS) is 10.9. The number of amides is 1. The van der Waals surface area contributed by atoms with E-state index < -0.39 is 5.54 Å². The molecule has 2 N–H and O–H groups in total. The molecule has 0 fully saturated rings. The highest BCUT2D eigenvalue weighted by Gasteiger charge is 2.25. The van der Waals surface area contributed by atoms with Crippen LogP contribution in [0.2, 0.25) is 0 Å². The van der Waals surface area contributed by atoms with Crippen LogP contribution in [-0.4, -0.2) is 32.7 Å². The van der Waals surface area contributed by atoms with Crippen molar-refractivity contribution in [3.05, 3.63) is 18.2 Å². The minimum atomic E-state index is -0.632. The quantitative estimate of drug-likeness (QED) is 0.836. The summed E-state index contributed by atoms with van der Waals surface area (Å²) in [6.45, 7) is 3.62. The Kier molecular flexibility index (Phi) is 4.55. The largest absolute Gasteiger partial charge is 0.493 e. The van der Waals surface area contributed by atoms with E-state index in [4.69, 9.17) is 9.47 Å². The van der Waals surface area contributed by atoms with E-state index in [1.807, 2.05) is 13.8 Å². The molecule has 5 heteroatoms. The van der Waals surface area contributed by atoms with Gasteiger partial charge in [0.15, 0.2) is 11.5 Å². The van der Waals surface area contributed by atoms with Crippen molar-refractivity contribution in [2.45, 2.75) is 19.4 Å². The molecule has 0 aliphatic heterocycles. The van der Waals surface area contributed by atoms with Crippen molar-refractivity contribution in [3.8, 4) is 11.5 Å².